The van der Waals surface area contributed by atoms with Crippen LogP contribution >= 0.6 is 0 Å². The maximum atomic E-state index is 11.9. The second kappa shape index (κ2) is 7.25. The van der Waals surface area contributed by atoms with Crippen molar-refractivity contribution in [3.8, 4) is 0 Å². The van der Waals surface area contributed by atoms with E-state index >= 15 is 0 Å². The maximum absolute atomic E-state index is 11.9. The molecule has 4 nitrogen and oxygen atoms in total. The molecule has 0 aromatic heterocycles. The van der Waals surface area contributed by atoms with Crippen LogP contribution in [0.1, 0.15) is 54.4 Å². The summed E-state index contributed by atoms with van der Waals surface area (Å²) in [4.78, 5) is 11.9. The van der Waals surface area contributed by atoms with E-state index in [-0.39, 0.29) is 12.1 Å². The summed E-state index contributed by atoms with van der Waals surface area (Å²) in [6.45, 7) is 12.9. The lowest BCUT2D eigenvalue weighted by Crippen LogP contribution is -2.50. The number of fused-ring (bicyclic) bond motifs is 2. The molecule has 23 heavy (non-hydrogen) atoms. The molecule has 4 heteroatoms. The molecule has 2 rings (SSSR count). The van der Waals surface area contributed by atoms with Gasteiger partial charge in [0.2, 0.25) is 0 Å². The van der Waals surface area contributed by atoms with Gasteiger partial charge < -0.3 is 15.4 Å². The van der Waals surface area contributed by atoms with Gasteiger partial charge in [0, 0.05) is 18.6 Å². The van der Waals surface area contributed by atoms with Crippen LogP contribution in [0.25, 0.3) is 0 Å². The highest BCUT2D eigenvalue weighted by Gasteiger charge is 2.39. The molecule has 5 atom stereocenters. The van der Waals surface area contributed by atoms with E-state index in [0.717, 1.165) is 17.8 Å². The van der Waals surface area contributed by atoms with Crippen LogP contribution in [0.15, 0.2) is 12.2 Å². The number of nitrogens with one attached hydrogen (secondary N) is 2. The van der Waals surface area contributed by atoms with Crippen LogP contribution < -0.4 is 10.6 Å². The Bertz CT molecular complexity index is 439. The van der Waals surface area contributed by atoms with E-state index in [0.29, 0.717) is 18.5 Å². The first-order chi connectivity index (χ1) is 10.7. The molecule has 0 heterocycles. The second-order valence-electron chi connectivity index (χ2n) is 8.63. The molecule has 1 fully saturated rings. The highest BCUT2D eigenvalue weighted by molar-refractivity contribution is 5.67. The van der Waals surface area contributed by atoms with Crippen LogP contribution in [0.5, 0.6) is 0 Å². The minimum Gasteiger partial charge on any atom is -0.444 e. The van der Waals surface area contributed by atoms with Gasteiger partial charge in [0.05, 0.1) is 0 Å². The minimum atomic E-state index is -0.451. The van der Waals surface area contributed by atoms with Gasteiger partial charge in [-0.25, -0.2) is 4.79 Å². The Hall–Kier alpha value is -1.03. The summed E-state index contributed by atoms with van der Waals surface area (Å²) in [5, 5.41) is 6.67. The Balaban J connectivity index is 1.82. The van der Waals surface area contributed by atoms with Crippen molar-refractivity contribution in [3.05, 3.63) is 12.2 Å². The number of amides is 1. The number of allylic oxidation sites excluding steroid dienone is 2. The van der Waals surface area contributed by atoms with E-state index in [1.165, 1.54) is 12.8 Å². The molecule has 2 bridgehead atoms. The van der Waals surface area contributed by atoms with Gasteiger partial charge in [0.1, 0.15) is 5.60 Å². The largest absolute Gasteiger partial charge is 0.444 e. The Labute approximate surface area is 141 Å². The summed E-state index contributed by atoms with van der Waals surface area (Å²) >= 11 is 0. The summed E-state index contributed by atoms with van der Waals surface area (Å²) < 4.78 is 5.33. The first-order valence-corrected chi connectivity index (χ1v) is 9.07. The highest BCUT2D eigenvalue weighted by atomic mass is 16.6. The van der Waals surface area contributed by atoms with Crippen molar-refractivity contribution in [1.29, 1.82) is 0 Å². The third kappa shape index (κ3) is 5.23. The zero-order chi connectivity index (χ0) is 17.2. The Kier molecular flexibility index (Phi) is 5.77. The number of ether oxygens (including phenoxy) is 1. The number of alkyl carbamates (subject to hydrolysis) is 1. The molecule has 0 radical (unpaired) electrons. The maximum Gasteiger partial charge on any atom is 0.407 e. The van der Waals surface area contributed by atoms with Crippen LogP contribution in [-0.2, 0) is 4.74 Å². The van der Waals surface area contributed by atoms with Crippen molar-refractivity contribution in [1.82, 2.24) is 10.6 Å². The molecule has 0 spiro atoms. The minimum absolute atomic E-state index is 0.264. The van der Waals surface area contributed by atoms with Gasteiger partial charge in [0.25, 0.3) is 0 Å². The van der Waals surface area contributed by atoms with E-state index in [9.17, 15) is 4.79 Å². The Morgan fingerprint density at radius 1 is 1.22 bits per heavy atom. The standard InChI is InChI=1S/C19H34N2O2/c1-12(2)17(11-20-18(22)23-19(4,5)6)21-13(3)16-10-14-7-8-15(16)9-14/h7-8,12-17,21H,9-11H2,1-6H3,(H,20,22). The van der Waals surface area contributed by atoms with Crippen LogP contribution in [-0.4, -0.2) is 30.3 Å². The third-order valence-corrected chi connectivity index (χ3v) is 5.12. The molecule has 2 aliphatic carbocycles. The number of hydrogen-bond acceptors (Lipinski definition) is 3. The Morgan fingerprint density at radius 3 is 2.39 bits per heavy atom. The average molecular weight is 322 g/mol. The van der Waals surface area contributed by atoms with Crippen molar-refractivity contribution in [2.45, 2.75) is 72.1 Å². The van der Waals surface area contributed by atoms with E-state index in [4.69, 9.17) is 4.74 Å². The average Bonchev–Trinajstić information content (AvgIpc) is 3.03. The fraction of sp³-hybridized carbons (Fsp3) is 0.842. The van der Waals surface area contributed by atoms with Crippen molar-refractivity contribution in [2.24, 2.45) is 23.7 Å². The van der Waals surface area contributed by atoms with E-state index in [1.54, 1.807) is 0 Å². The quantitative estimate of drug-likeness (QED) is 0.733. The molecule has 1 saturated carbocycles. The summed E-state index contributed by atoms with van der Waals surface area (Å²) in [7, 11) is 0. The van der Waals surface area contributed by atoms with Crippen molar-refractivity contribution in [2.75, 3.05) is 6.54 Å². The van der Waals surface area contributed by atoms with Gasteiger partial charge in [-0.3, -0.25) is 0 Å². The number of rotatable bonds is 6. The second-order valence-corrected chi connectivity index (χ2v) is 8.63. The zero-order valence-corrected chi connectivity index (χ0v) is 15.6. The summed E-state index contributed by atoms with van der Waals surface area (Å²) in [5.74, 6) is 2.73. The molecule has 0 saturated heterocycles. The molecule has 2 N–H and O–H groups in total. The predicted molar refractivity (Wildman–Crippen MR) is 94.3 cm³/mol. The molecule has 132 valence electrons. The third-order valence-electron chi connectivity index (χ3n) is 5.12. The molecule has 0 aliphatic heterocycles. The zero-order valence-electron chi connectivity index (χ0n) is 15.6. The lowest BCUT2D eigenvalue weighted by Gasteiger charge is -2.32. The predicted octanol–water partition coefficient (Wildman–Crippen LogP) is 3.73. The number of carbonyl (C=O) groups is 1. The fourth-order valence-electron chi connectivity index (χ4n) is 3.85. The number of carbonyl (C=O) groups excluding carboxylic acids is 1. The lowest BCUT2D eigenvalue weighted by atomic mass is 9.86. The van der Waals surface area contributed by atoms with Crippen LogP contribution in [0, 0.1) is 23.7 Å². The molecule has 1 amide bonds. The van der Waals surface area contributed by atoms with Gasteiger partial charge in [-0.05, 0) is 64.2 Å². The monoisotopic (exact) mass is 322 g/mol. The van der Waals surface area contributed by atoms with Crippen LogP contribution in [0.4, 0.5) is 4.79 Å². The van der Waals surface area contributed by atoms with E-state index in [1.807, 2.05) is 20.8 Å². The number of hydrogen-bond donors (Lipinski definition) is 2. The molecule has 5 unspecified atom stereocenters. The lowest BCUT2D eigenvalue weighted by molar-refractivity contribution is 0.0517. The van der Waals surface area contributed by atoms with Gasteiger partial charge in [-0.15, -0.1) is 0 Å². The normalized spacial score (nSPS) is 28.9. The van der Waals surface area contributed by atoms with Crippen LogP contribution in [0.3, 0.4) is 0 Å². The SMILES string of the molecule is CC(C)C(CNC(=O)OC(C)(C)C)NC(C)C1CC2C=CC1C2. The van der Waals surface area contributed by atoms with Gasteiger partial charge in [-0.2, -0.15) is 0 Å². The summed E-state index contributed by atoms with van der Waals surface area (Å²) in [5.41, 5.74) is -0.451. The molecule has 0 aromatic rings. The first-order valence-electron chi connectivity index (χ1n) is 9.07. The molecular weight excluding hydrogens is 288 g/mol. The van der Waals surface area contributed by atoms with Crippen molar-refractivity contribution >= 4 is 6.09 Å². The fourth-order valence-corrected chi connectivity index (χ4v) is 3.85. The smallest absolute Gasteiger partial charge is 0.407 e. The molecule has 0 aromatic carbocycles. The van der Waals surface area contributed by atoms with Gasteiger partial charge in [0.15, 0.2) is 0 Å². The summed E-state index contributed by atoms with van der Waals surface area (Å²) in [6.07, 6.45) is 7.09. The van der Waals surface area contributed by atoms with E-state index in [2.05, 4.69) is 43.6 Å². The van der Waals surface area contributed by atoms with Crippen molar-refractivity contribution < 1.29 is 9.53 Å². The molecular formula is C19H34N2O2. The Morgan fingerprint density at radius 2 is 1.91 bits per heavy atom. The topological polar surface area (TPSA) is 50.4 Å². The molecule has 2 aliphatic rings. The van der Waals surface area contributed by atoms with Crippen molar-refractivity contribution in [3.63, 3.8) is 0 Å². The van der Waals surface area contributed by atoms with Crippen LogP contribution in [0.2, 0.25) is 0 Å². The first kappa shape index (κ1) is 18.3. The highest BCUT2D eigenvalue weighted by Crippen LogP contribution is 2.44. The van der Waals surface area contributed by atoms with E-state index < -0.39 is 5.60 Å². The van der Waals surface area contributed by atoms with Gasteiger partial charge >= 0.3 is 6.09 Å². The summed E-state index contributed by atoms with van der Waals surface area (Å²) in [6, 6.07) is 0.739. The van der Waals surface area contributed by atoms with Gasteiger partial charge in [-0.1, -0.05) is 26.0 Å².